The zero-order chi connectivity index (χ0) is 14.7. The molecule has 110 valence electrons. The van der Waals surface area contributed by atoms with E-state index in [2.05, 4.69) is 15.9 Å². The molecule has 1 aromatic heterocycles. The molecule has 0 saturated carbocycles. The van der Waals surface area contributed by atoms with Gasteiger partial charge in [-0.3, -0.25) is 9.59 Å². The van der Waals surface area contributed by atoms with E-state index < -0.39 is 0 Å². The molecule has 1 atom stereocenters. The highest BCUT2D eigenvalue weighted by Gasteiger charge is 2.24. The lowest BCUT2D eigenvalue weighted by Gasteiger charge is -2.32. The number of halogens is 1. The lowest BCUT2D eigenvalue weighted by atomic mass is 10.3. The van der Waals surface area contributed by atoms with Gasteiger partial charge in [0.05, 0.1) is 27.9 Å². The molecule has 20 heavy (non-hydrogen) atoms. The number of rotatable bonds is 3. The van der Waals surface area contributed by atoms with E-state index in [1.807, 2.05) is 13.0 Å². The van der Waals surface area contributed by atoms with Crippen molar-refractivity contribution in [2.45, 2.75) is 13.0 Å². The first-order chi connectivity index (χ1) is 9.47. The summed E-state index contributed by atoms with van der Waals surface area (Å²) in [5, 5.41) is 0. The van der Waals surface area contributed by atoms with Crippen molar-refractivity contribution in [3.8, 4) is 0 Å². The minimum atomic E-state index is -0.129. The zero-order valence-electron chi connectivity index (χ0n) is 11.5. The number of amides is 2. The molecule has 1 unspecified atom stereocenters. The van der Waals surface area contributed by atoms with Crippen molar-refractivity contribution < 1.29 is 14.3 Å². The normalized spacial score (nSPS) is 18.9. The summed E-state index contributed by atoms with van der Waals surface area (Å²) < 4.78 is 6.31. The third-order valence-electron chi connectivity index (χ3n) is 3.10. The highest BCUT2D eigenvalue weighted by molar-refractivity contribution is 9.11. The molecule has 2 rings (SSSR count). The van der Waals surface area contributed by atoms with E-state index >= 15 is 0 Å². The van der Waals surface area contributed by atoms with Gasteiger partial charge in [0, 0.05) is 20.1 Å². The summed E-state index contributed by atoms with van der Waals surface area (Å²) in [5.74, 6) is -0.165. The Morgan fingerprint density at radius 2 is 2.30 bits per heavy atom. The number of likely N-dealkylation sites (N-methyl/N-ethyl adjacent to an activating group) is 1. The second kappa shape index (κ2) is 6.69. The molecule has 1 fully saturated rings. The van der Waals surface area contributed by atoms with Gasteiger partial charge >= 0.3 is 0 Å². The zero-order valence-corrected chi connectivity index (χ0v) is 13.9. The fourth-order valence-electron chi connectivity index (χ4n) is 2.04. The number of nitrogens with zero attached hydrogens (tertiary/aromatic N) is 2. The third-order valence-corrected chi connectivity index (χ3v) is 4.71. The van der Waals surface area contributed by atoms with E-state index in [1.54, 1.807) is 18.0 Å². The smallest absolute Gasteiger partial charge is 0.264 e. The van der Waals surface area contributed by atoms with Crippen LogP contribution in [0.1, 0.15) is 16.6 Å². The molecular weight excluding hydrogens is 344 g/mol. The average Bonchev–Trinajstić information content (AvgIpc) is 2.84. The second-order valence-corrected chi connectivity index (χ2v) is 7.25. The molecule has 1 saturated heterocycles. The van der Waals surface area contributed by atoms with Crippen LogP contribution in [0.25, 0.3) is 0 Å². The van der Waals surface area contributed by atoms with Gasteiger partial charge in [-0.2, -0.15) is 0 Å². The predicted molar refractivity (Wildman–Crippen MR) is 81.0 cm³/mol. The van der Waals surface area contributed by atoms with Gasteiger partial charge < -0.3 is 14.5 Å². The predicted octanol–water partition coefficient (Wildman–Crippen LogP) is 1.83. The second-order valence-electron chi connectivity index (χ2n) is 4.79. The van der Waals surface area contributed by atoms with Crippen molar-refractivity contribution in [1.29, 1.82) is 0 Å². The quantitative estimate of drug-likeness (QED) is 0.826. The highest BCUT2D eigenvalue weighted by atomic mass is 79.9. The molecule has 0 radical (unpaired) electrons. The Hall–Kier alpha value is -0.920. The molecule has 0 aromatic carbocycles. The van der Waals surface area contributed by atoms with Crippen molar-refractivity contribution in [2.24, 2.45) is 0 Å². The minimum Gasteiger partial charge on any atom is -0.375 e. The Kier molecular flexibility index (Phi) is 5.17. The van der Waals surface area contributed by atoms with Crippen LogP contribution in [0.3, 0.4) is 0 Å². The number of morpholine rings is 1. The van der Waals surface area contributed by atoms with Crippen LogP contribution in [0.2, 0.25) is 0 Å². The van der Waals surface area contributed by atoms with Crippen molar-refractivity contribution in [1.82, 2.24) is 9.80 Å². The molecule has 1 aliphatic rings. The first kappa shape index (κ1) is 15.5. The Labute approximate surface area is 130 Å². The van der Waals surface area contributed by atoms with E-state index in [-0.39, 0.29) is 24.5 Å². The standard InChI is InChI=1S/C13H17BrN2O3S/c1-9-7-16(5-6-19-9)12(17)8-15(2)13(18)10-3-4-11(14)20-10/h3-4,9H,5-8H2,1-2H3. The van der Waals surface area contributed by atoms with E-state index in [1.165, 1.54) is 16.2 Å². The number of ether oxygens (including phenoxy) is 1. The van der Waals surface area contributed by atoms with Gasteiger partial charge in [0.15, 0.2) is 0 Å². The first-order valence-electron chi connectivity index (χ1n) is 6.37. The maximum Gasteiger partial charge on any atom is 0.264 e. The van der Waals surface area contributed by atoms with Crippen molar-refractivity contribution in [3.63, 3.8) is 0 Å². The SMILES string of the molecule is CC1CN(C(=O)CN(C)C(=O)c2ccc(Br)s2)CCO1. The van der Waals surface area contributed by atoms with Crippen LogP contribution < -0.4 is 0 Å². The van der Waals surface area contributed by atoms with Gasteiger partial charge in [-0.25, -0.2) is 0 Å². The van der Waals surface area contributed by atoms with Crippen LogP contribution in [-0.2, 0) is 9.53 Å². The molecule has 0 aliphatic carbocycles. The fourth-order valence-corrected chi connectivity index (χ4v) is 3.42. The maximum atomic E-state index is 12.2. The molecule has 1 aromatic rings. The average molecular weight is 361 g/mol. The van der Waals surface area contributed by atoms with Crippen LogP contribution in [0.15, 0.2) is 15.9 Å². The number of carbonyl (C=O) groups is 2. The van der Waals surface area contributed by atoms with Gasteiger partial charge in [0.1, 0.15) is 0 Å². The Bertz CT molecular complexity index is 506. The van der Waals surface area contributed by atoms with E-state index in [9.17, 15) is 9.59 Å². The molecule has 5 nitrogen and oxygen atoms in total. The van der Waals surface area contributed by atoms with Gasteiger partial charge in [0.25, 0.3) is 5.91 Å². The van der Waals surface area contributed by atoms with Gasteiger partial charge in [-0.05, 0) is 35.0 Å². The number of thiophene rings is 1. The summed E-state index contributed by atoms with van der Waals surface area (Å²) >= 11 is 4.70. The Morgan fingerprint density at radius 3 is 2.90 bits per heavy atom. The van der Waals surface area contributed by atoms with Crippen LogP contribution in [-0.4, -0.2) is 61.0 Å². The summed E-state index contributed by atoms with van der Waals surface area (Å²) in [6.07, 6.45) is 0.0574. The van der Waals surface area contributed by atoms with Crippen LogP contribution >= 0.6 is 27.3 Å². The lowest BCUT2D eigenvalue weighted by molar-refractivity contribution is -0.138. The lowest BCUT2D eigenvalue weighted by Crippen LogP contribution is -2.48. The van der Waals surface area contributed by atoms with Crippen molar-refractivity contribution >= 4 is 39.1 Å². The minimum absolute atomic E-state index is 0.0355. The molecule has 0 N–H and O–H groups in total. The van der Waals surface area contributed by atoms with Gasteiger partial charge in [-0.1, -0.05) is 0 Å². The molecule has 1 aliphatic heterocycles. The molecule has 2 amide bonds. The fraction of sp³-hybridized carbons (Fsp3) is 0.538. The first-order valence-corrected chi connectivity index (χ1v) is 7.98. The van der Waals surface area contributed by atoms with E-state index in [0.717, 1.165) is 3.79 Å². The molecule has 0 spiro atoms. The molecule has 0 bridgehead atoms. The van der Waals surface area contributed by atoms with E-state index in [4.69, 9.17) is 4.74 Å². The summed E-state index contributed by atoms with van der Waals surface area (Å²) in [4.78, 5) is 28.2. The monoisotopic (exact) mass is 360 g/mol. The molecule has 2 heterocycles. The largest absolute Gasteiger partial charge is 0.375 e. The van der Waals surface area contributed by atoms with Gasteiger partial charge in [0.2, 0.25) is 5.91 Å². The number of hydrogen-bond acceptors (Lipinski definition) is 4. The maximum absolute atomic E-state index is 12.2. The summed E-state index contributed by atoms with van der Waals surface area (Å²) in [7, 11) is 1.65. The third kappa shape index (κ3) is 3.80. The Balaban J connectivity index is 1.91. The molecule has 7 heteroatoms. The van der Waals surface area contributed by atoms with Crippen LogP contribution in [0.5, 0.6) is 0 Å². The summed E-state index contributed by atoms with van der Waals surface area (Å²) in [5.41, 5.74) is 0. The van der Waals surface area contributed by atoms with E-state index in [0.29, 0.717) is 24.6 Å². The number of hydrogen-bond donors (Lipinski definition) is 0. The number of carbonyl (C=O) groups excluding carboxylic acids is 2. The summed E-state index contributed by atoms with van der Waals surface area (Å²) in [6.45, 7) is 3.78. The summed E-state index contributed by atoms with van der Waals surface area (Å²) in [6, 6.07) is 3.59. The highest BCUT2D eigenvalue weighted by Crippen LogP contribution is 2.23. The van der Waals surface area contributed by atoms with Gasteiger partial charge in [-0.15, -0.1) is 11.3 Å². The molecular formula is C13H17BrN2O3S. The van der Waals surface area contributed by atoms with Crippen LogP contribution in [0, 0.1) is 0 Å². The van der Waals surface area contributed by atoms with Crippen LogP contribution in [0.4, 0.5) is 0 Å². The topological polar surface area (TPSA) is 49.9 Å². The Morgan fingerprint density at radius 1 is 1.55 bits per heavy atom. The van der Waals surface area contributed by atoms with Crippen molar-refractivity contribution in [2.75, 3.05) is 33.3 Å². The van der Waals surface area contributed by atoms with Crippen molar-refractivity contribution in [3.05, 3.63) is 20.8 Å².